The third-order valence-corrected chi connectivity index (χ3v) is 5.99. The van der Waals surface area contributed by atoms with Crippen LogP contribution in [0.5, 0.6) is 0 Å². The summed E-state index contributed by atoms with van der Waals surface area (Å²) in [5.74, 6) is 0.700. The van der Waals surface area contributed by atoms with E-state index in [4.69, 9.17) is 4.74 Å². The van der Waals surface area contributed by atoms with E-state index in [2.05, 4.69) is 22.5 Å². The van der Waals surface area contributed by atoms with Gasteiger partial charge in [0.15, 0.2) is 5.96 Å². The van der Waals surface area contributed by atoms with E-state index in [0.717, 1.165) is 26.0 Å². The predicted molar refractivity (Wildman–Crippen MR) is 110 cm³/mol. The van der Waals surface area contributed by atoms with Gasteiger partial charge in [-0.2, -0.15) is 0 Å². The van der Waals surface area contributed by atoms with E-state index in [1.165, 1.54) is 4.31 Å². The highest BCUT2D eigenvalue weighted by atomic mass is 127. The number of rotatable bonds is 9. The van der Waals surface area contributed by atoms with Gasteiger partial charge in [0.05, 0.1) is 17.9 Å². The zero-order chi connectivity index (χ0) is 17.3. The van der Waals surface area contributed by atoms with Gasteiger partial charge in [-0.15, -0.1) is 24.0 Å². The quantitative estimate of drug-likeness (QED) is 0.299. The van der Waals surface area contributed by atoms with Crippen LogP contribution in [0, 0.1) is 0 Å². The smallest absolute Gasteiger partial charge is 0.215 e. The molecule has 9 heteroatoms. The Balaban J connectivity index is 0.00000529. The number of halogens is 1. The molecule has 1 aliphatic rings. The summed E-state index contributed by atoms with van der Waals surface area (Å²) in [7, 11) is -3.21. The van der Waals surface area contributed by atoms with Gasteiger partial charge in [0.25, 0.3) is 0 Å². The first-order chi connectivity index (χ1) is 10.9. The Hall–Kier alpha value is -0.130. The van der Waals surface area contributed by atoms with Crippen LogP contribution < -0.4 is 10.6 Å². The minimum atomic E-state index is -3.21. The van der Waals surface area contributed by atoms with Gasteiger partial charge in [0.1, 0.15) is 0 Å². The lowest BCUT2D eigenvalue weighted by atomic mass is 10.0. The summed E-state index contributed by atoms with van der Waals surface area (Å²) in [5.41, 5.74) is -0.199. The molecule has 2 N–H and O–H groups in total. The second-order valence-electron chi connectivity index (χ2n) is 5.92. The number of aliphatic imine (C=N–C) groups is 1. The van der Waals surface area contributed by atoms with Crippen molar-refractivity contribution in [3.63, 3.8) is 0 Å². The maximum atomic E-state index is 12.2. The first-order valence-corrected chi connectivity index (χ1v) is 10.1. The summed E-state index contributed by atoms with van der Waals surface area (Å²) in [6.07, 6.45) is 2.07. The SMILES string of the molecule is CCNC(=NCC1(C)CCCO1)NCCS(=O)(=O)N(CC)CC.I. The number of sulfonamides is 1. The number of ether oxygens (including phenoxy) is 1. The van der Waals surface area contributed by atoms with Crippen molar-refractivity contribution in [2.24, 2.45) is 4.99 Å². The second-order valence-corrected chi connectivity index (χ2v) is 8.01. The summed E-state index contributed by atoms with van der Waals surface area (Å²) >= 11 is 0. The molecule has 0 radical (unpaired) electrons. The molecule has 1 heterocycles. The van der Waals surface area contributed by atoms with E-state index in [1.807, 2.05) is 20.8 Å². The fourth-order valence-corrected chi connectivity index (χ4v) is 4.00. The Morgan fingerprint density at radius 3 is 2.42 bits per heavy atom. The van der Waals surface area contributed by atoms with E-state index in [1.54, 1.807) is 0 Å². The molecule has 1 atom stereocenters. The zero-order valence-electron chi connectivity index (χ0n) is 15.3. The van der Waals surface area contributed by atoms with Crippen LogP contribution in [0.25, 0.3) is 0 Å². The Bertz CT molecular complexity index is 475. The van der Waals surface area contributed by atoms with Crippen LogP contribution in [0.15, 0.2) is 4.99 Å². The summed E-state index contributed by atoms with van der Waals surface area (Å²) in [6.45, 7) is 11.2. The predicted octanol–water partition coefficient (Wildman–Crippen LogP) is 1.40. The number of hydrogen-bond donors (Lipinski definition) is 2. The monoisotopic (exact) mass is 476 g/mol. The van der Waals surface area contributed by atoms with Crippen molar-refractivity contribution < 1.29 is 13.2 Å². The van der Waals surface area contributed by atoms with Crippen LogP contribution in [-0.2, 0) is 14.8 Å². The fraction of sp³-hybridized carbons (Fsp3) is 0.933. The second kappa shape index (κ2) is 11.5. The van der Waals surface area contributed by atoms with Crippen molar-refractivity contribution in [1.82, 2.24) is 14.9 Å². The summed E-state index contributed by atoms with van der Waals surface area (Å²) in [4.78, 5) is 4.53. The third-order valence-electron chi connectivity index (χ3n) is 3.97. The summed E-state index contributed by atoms with van der Waals surface area (Å²) < 4.78 is 31.5. The molecule has 1 saturated heterocycles. The number of hydrogen-bond acceptors (Lipinski definition) is 4. The van der Waals surface area contributed by atoms with E-state index < -0.39 is 10.0 Å². The molecule has 0 saturated carbocycles. The first kappa shape index (κ1) is 23.9. The normalized spacial score (nSPS) is 21.6. The molecule has 24 heavy (non-hydrogen) atoms. The lowest BCUT2D eigenvalue weighted by molar-refractivity contribution is 0.0283. The van der Waals surface area contributed by atoms with Gasteiger partial charge in [-0.3, -0.25) is 4.99 Å². The van der Waals surface area contributed by atoms with Gasteiger partial charge in [-0.1, -0.05) is 13.8 Å². The molecule has 0 amide bonds. The molecule has 0 aromatic rings. The molecule has 1 aliphatic heterocycles. The molecule has 0 aromatic heterocycles. The van der Waals surface area contributed by atoms with Gasteiger partial charge in [0.2, 0.25) is 10.0 Å². The van der Waals surface area contributed by atoms with Crippen molar-refractivity contribution in [3.05, 3.63) is 0 Å². The van der Waals surface area contributed by atoms with Crippen molar-refractivity contribution in [3.8, 4) is 0 Å². The maximum Gasteiger partial charge on any atom is 0.215 e. The molecule has 0 aliphatic carbocycles. The molecule has 0 aromatic carbocycles. The molecule has 144 valence electrons. The molecule has 1 unspecified atom stereocenters. The Labute approximate surface area is 164 Å². The highest BCUT2D eigenvalue weighted by molar-refractivity contribution is 14.0. The number of nitrogens with zero attached hydrogens (tertiary/aromatic N) is 2. The van der Waals surface area contributed by atoms with Gasteiger partial charge in [-0.25, -0.2) is 12.7 Å². The lowest BCUT2D eigenvalue weighted by Crippen LogP contribution is -2.43. The molecule has 0 bridgehead atoms. The third kappa shape index (κ3) is 7.83. The van der Waals surface area contributed by atoms with E-state index >= 15 is 0 Å². The topological polar surface area (TPSA) is 83.0 Å². The Morgan fingerprint density at radius 1 is 1.25 bits per heavy atom. The van der Waals surface area contributed by atoms with Crippen LogP contribution in [0.2, 0.25) is 0 Å². The highest BCUT2D eigenvalue weighted by Crippen LogP contribution is 2.24. The number of guanidine groups is 1. The largest absolute Gasteiger partial charge is 0.373 e. The van der Waals surface area contributed by atoms with Crippen LogP contribution in [0.3, 0.4) is 0 Å². The van der Waals surface area contributed by atoms with Crippen LogP contribution in [0.1, 0.15) is 40.5 Å². The van der Waals surface area contributed by atoms with Gasteiger partial charge in [-0.05, 0) is 26.7 Å². The minimum absolute atomic E-state index is 0. The fourth-order valence-electron chi connectivity index (χ4n) is 2.59. The lowest BCUT2D eigenvalue weighted by Gasteiger charge is -2.22. The summed E-state index contributed by atoms with van der Waals surface area (Å²) in [5, 5.41) is 6.24. The standard InChI is InChI=1S/C15H32N4O3S.HI/c1-5-16-14(18-13-15(4)9-8-11-22-15)17-10-12-23(20,21)19(6-2)7-3;/h5-13H2,1-4H3,(H2,16,17,18);1H. The average Bonchev–Trinajstić information content (AvgIpc) is 2.93. The molecule has 7 nitrogen and oxygen atoms in total. The van der Waals surface area contributed by atoms with Crippen molar-refractivity contribution in [2.45, 2.75) is 46.1 Å². The molecule has 1 fully saturated rings. The van der Waals surface area contributed by atoms with E-state index in [-0.39, 0.29) is 35.3 Å². The highest BCUT2D eigenvalue weighted by Gasteiger charge is 2.29. The van der Waals surface area contributed by atoms with Gasteiger partial charge < -0.3 is 15.4 Å². The van der Waals surface area contributed by atoms with Crippen LogP contribution >= 0.6 is 24.0 Å². The van der Waals surface area contributed by atoms with Gasteiger partial charge in [0, 0.05) is 32.8 Å². The van der Waals surface area contributed by atoms with Crippen LogP contribution in [0.4, 0.5) is 0 Å². The molecular formula is C15H33IN4O3S. The summed E-state index contributed by atoms with van der Waals surface area (Å²) in [6, 6.07) is 0. The van der Waals surface area contributed by atoms with Crippen molar-refractivity contribution in [1.29, 1.82) is 0 Å². The van der Waals surface area contributed by atoms with Crippen LogP contribution in [-0.4, -0.2) is 69.4 Å². The first-order valence-electron chi connectivity index (χ1n) is 8.51. The maximum absolute atomic E-state index is 12.2. The molecule has 1 rings (SSSR count). The van der Waals surface area contributed by atoms with Crippen molar-refractivity contribution in [2.75, 3.05) is 45.1 Å². The Kier molecular flexibility index (Phi) is 11.4. The average molecular weight is 476 g/mol. The van der Waals surface area contributed by atoms with Crippen molar-refractivity contribution >= 4 is 40.0 Å². The van der Waals surface area contributed by atoms with E-state index in [0.29, 0.717) is 32.1 Å². The zero-order valence-corrected chi connectivity index (χ0v) is 18.4. The minimum Gasteiger partial charge on any atom is -0.373 e. The number of nitrogens with one attached hydrogen (secondary N) is 2. The molecular weight excluding hydrogens is 443 g/mol. The van der Waals surface area contributed by atoms with Gasteiger partial charge >= 0.3 is 0 Å². The van der Waals surface area contributed by atoms with E-state index in [9.17, 15) is 8.42 Å². The Morgan fingerprint density at radius 2 is 1.92 bits per heavy atom. The molecule has 0 spiro atoms.